The standard InChI is InChI=1S/C16H19FN4O/c1-11(2)7-9-18-16-19-10-8-14(21-16)15(22)20-13-5-3-12(17)4-6-13/h3-6,8,10-11H,7,9H2,1-2H3,(H,20,22)(H,18,19,21). The number of hydrogen-bond acceptors (Lipinski definition) is 4. The fourth-order valence-corrected chi connectivity index (χ4v) is 1.77. The predicted octanol–water partition coefficient (Wildman–Crippen LogP) is 3.33. The number of carbonyl (C=O) groups is 1. The molecule has 6 heteroatoms. The minimum Gasteiger partial charge on any atom is -0.354 e. The van der Waals surface area contributed by atoms with Crippen molar-refractivity contribution in [2.24, 2.45) is 5.92 Å². The predicted molar refractivity (Wildman–Crippen MR) is 84.3 cm³/mol. The molecule has 1 aromatic carbocycles. The molecule has 0 saturated carbocycles. The van der Waals surface area contributed by atoms with Crippen molar-refractivity contribution in [2.75, 3.05) is 17.2 Å². The second-order valence-electron chi connectivity index (χ2n) is 5.34. The van der Waals surface area contributed by atoms with E-state index in [4.69, 9.17) is 0 Å². The molecule has 0 unspecified atom stereocenters. The van der Waals surface area contributed by atoms with Gasteiger partial charge in [-0.2, -0.15) is 0 Å². The lowest BCUT2D eigenvalue weighted by Crippen LogP contribution is -2.16. The summed E-state index contributed by atoms with van der Waals surface area (Å²) in [4.78, 5) is 20.4. The van der Waals surface area contributed by atoms with E-state index >= 15 is 0 Å². The fourth-order valence-electron chi connectivity index (χ4n) is 1.77. The van der Waals surface area contributed by atoms with Crippen LogP contribution in [-0.4, -0.2) is 22.4 Å². The number of benzene rings is 1. The van der Waals surface area contributed by atoms with Crippen LogP contribution >= 0.6 is 0 Å². The zero-order valence-electron chi connectivity index (χ0n) is 12.6. The first-order valence-corrected chi connectivity index (χ1v) is 7.18. The highest BCUT2D eigenvalue weighted by atomic mass is 19.1. The van der Waals surface area contributed by atoms with Crippen LogP contribution in [0.2, 0.25) is 0 Å². The molecule has 2 aromatic rings. The molecule has 0 spiro atoms. The molecule has 22 heavy (non-hydrogen) atoms. The lowest BCUT2D eigenvalue weighted by Gasteiger charge is -2.08. The van der Waals surface area contributed by atoms with Crippen LogP contribution in [0.1, 0.15) is 30.8 Å². The van der Waals surface area contributed by atoms with E-state index in [-0.39, 0.29) is 17.4 Å². The van der Waals surface area contributed by atoms with Crippen molar-refractivity contribution in [1.82, 2.24) is 9.97 Å². The van der Waals surface area contributed by atoms with Crippen molar-refractivity contribution in [3.8, 4) is 0 Å². The third-order valence-electron chi connectivity index (χ3n) is 3.00. The highest BCUT2D eigenvalue weighted by Gasteiger charge is 2.09. The summed E-state index contributed by atoms with van der Waals surface area (Å²) in [6.07, 6.45) is 2.53. The van der Waals surface area contributed by atoms with Gasteiger partial charge in [-0.3, -0.25) is 4.79 Å². The maximum Gasteiger partial charge on any atom is 0.274 e. The van der Waals surface area contributed by atoms with Gasteiger partial charge in [-0.25, -0.2) is 14.4 Å². The molecule has 2 rings (SSSR count). The molecule has 0 saturated heterocycles. The SMILES string of the molecule is CC(C)CCNc1nccc(C(=O)Nc2ccc(F)cc2)n1. The Morgan fingerprint density at radius 1 is 1.23 bits per heavy atom. The van der Waals surface area contributed by atoms with Gasteiger partial charge in [0.15, 0.2) is 0 Å². The second kappa shape index (κ2) is 7.49. The van der Waals surface area contributed by atoms with E-state index in [1.165, 1.54) is 36.5 Å². The summed E-state index contributed by atoms with van der Waals surface area (Å²) in [7, 11) is 0. The van der Waals surface area contributed by atoms with Gasteiger partial charge in [0, 0.05) is 18.4 Å². The molecule has 0 aliphatic heterocycles. The largest absolute Gasteiger partial charge is 0.354 e. The maximum absolute atomic E-state index is 12.8. The van der Waals surface area contributed by atoms with Crippen molar-refractivity contribution in [1.29, 1.82) is 0 Å². The molecule has 2 N–H and O–H groups in total. The number of aromatic nitrogens is 2. The molecule has 1 heterocycles. The van der Waals surface area contributed by atoms with Gasteiger partial charge in [-0.15, -0.1) is 0 Å². The van der Waals surface area contributed by atoms with E-state index in [0.717, 1.165) is 13.0 Å². The molecule has 1 amide bonds. The average Bonchev–Trinajstić information content (AvgIpc) is 2.49. The number of nitrogens with one attached hydrogen (secondary N) is 2. The fraction of sp³-hybridized carbons (Fsp3) is 0.312. The number of rotatable bonds is 6. The van der Waals surface area contributed by atoms with Gasteiger partial charge in [0.1, 0.15) is 11.5 Å². The lowest BCUT2D eigenvalue weighted by atomic mass is 10.1. The molecule has 0 fully saturated rings. The quantitative estimate of drug-likeness (QED) is 0.859. The van der Waals surface area contributed by atoms with Crippen molar-refractivity contribution in [3.05, 3.63) is 48.0 Å². The summed E-state index contributed by atoms with van der Waals surface area (Å²) in [6, 6.07) is 7.10. The van der Waals surface area contributed by atoms with Gasteiger partial charge in [0.05, 0.1) is 0 Å². The Morgan fingerprint density at radius 3 is 2.64 bits per heavy atom. The van der Waals surface area contributed by atoms with Gasteiger partial charge in [0.2, 0.25) is 5.95 Å². The summed E-state index contributed by atoms with van der Waals surface area (Å²) in [5.41, 5.74) is 0.769. The molecule has 116 valence electrons. The van der Waals surface area contributed by atoms with Gasteiger partial charge in [-0.1, -0.05) is 13.8 Å². The molecule has 0 aliphatic carbocycles. The van der Waals surface area contributed by atoms with Crippen LogP contribution in [0.25, 0.3) is 0 Å². The van der Waals surface area contributed by atoms with Crippen LogP contribution in [0.4, 0.5) is 16.0 Å². The monoisotopic (exact) mass is 302 g/mol. The van der Waals surface area contributed by atoms with Gasteiger partial charge in [-0.05, 0) is 42.7 Å². The first-order chi connectivity index (χ1) is 10.5. The highest BCUT2D eigenvalue weighted by molar-refractivity contribution is 6.02. The van der Waals surface area contributed by atoms with Crippen molar-refractivity contribution >= 4 is 17.5 Å². The maximum atomic E-state index is 12.8. The van der Waals surface area contributed by atoms with Crippen LogP contribution in [0.5, 0.6) is 0 Å². The van der Waals surface area contributed by atoms with Crippen molar-refractivity contribution in [2.45, 2.75) is 20.3 Å². The molecule has 1 aromatic heterocycles. The van der Waals surface area contributed by atoms with E-state index in [9.17, 15) is 9.18 Å². The van der Waals surface area contributed by atoms with Crippen molar-refractivity contribution < 1.29 is 9.18 Å². The highest BCUT2D eigenvalue weighted by Crippen LogP contribution is 2.10. The first-order valence-electron chi connectivity index (χ1n) is 7.18. The zero-order valence-corrected chi connectivity index (χ0v) is 12.6. The third kappa shape index (κ3) is 4.80. The minimum atomic E-state index is -0.360. The summed E-state index contributed by atoms with van der Waals surface area (Å²) >= 11 is 0. The lowest BCUT2D eigenvalue weighted by molar-refractivity contribution is 0.102. The topological polar surface area (TPSA) is 66.9 Å². The van der Waals surface area contributed by atoms with E-state index in [1.807, 2.05) is 0 Å². The molecule has 5 nitrogen and oxygen atoms in total. The number of nitrogens with zero attached hydrogens (tertiary/aromatic N) is 2. The Balaban J connectivity index is 1.99. The summed E-state index contributed by atoms with van der Waals surface area (Å²) in [5.74, 6) is 0.294. The Morgan fingerprint density at radius 2 is 1.95 bits per heavy atom. The van der Waals surface area contributed by atoms with Crippen LogP contribution in [0.3, 0.4) is 0 Å². The average molecular weight is 302 g/mol. The van der Waals surface area contributed by atoms with Crippen LogP contribution in [0, 0.1) is 11.7 Å². The van der Waals surface area contributed by atoms with E-state index in [1.54, 1.807) is 0 Å². The third-order valence-corrected chi connectivity index (χ3v) is 3.00. The van der Waals surface area contributed by atoms with Crippen LogP contribution in [0.15, 0.2) is 36.5 Å². The van der Waals surface area contributed by atoms with E-state index in [0.29, 0.717) is 17.6 Å². The summed E-state index contributed by atoms with van der Waals surface area (Å²) in [5, 5.41) is 5.75. The Labute approximate surface area is 129 Å². The van der Waals surface area contributed by atoms with Crippen LogP contribution in [-0.2, 0) is 0 Å². The van der Waals surface area contributed by atoms with Gasteiger partial charge in [0.25, 0.3) is 5.91 Å². The molecular formula is C16H19FN4O. The number of anilines is 2. The number of carbonyl (C=O) groups excluding carboxylic acids is 1. The smallest absolute Gasteiger partial charge is 0.274 e. The molecule has 0 atom stereocenters. The Hall–Kier alpha value is -2.50. The van der Waals surface area contributed by atoms with Gasteiger partial charge >= 0.3 is 0 Å². The van der Waals surface area contributed by atoms with E-state index < -0.39 is 0 Å². The normalized spacial score (nSPS) is 10.5. The van der Waals surface area contributed by atoms with Crippen molar-refractivity contribution in [3.63, 3.8) is 0 Å². The van der Waals surface area contributed by atoms with Gasteiger partial charge < -0.3 is 10.6 Å². The molecule has 0 bridgehead atoms. The summed E-state index contributed by atoms with van der Waals surface area (Å²) in [6.45, 7) is 5.02. The molecule has 0 radical (unpaired) electrons. The Kier molecular flexibility index (Phi) is 5.41. The van der Waals surface area contributed by atoms with Crippen LogP contribution < -0.4 is 10.6 Å². The molecular weight excluding hydrogens is 283 g/mol. The Bertz CT molecular complexity index is 628. The zero-order chi connectivity index (χ0) is 15.9. The second-order valence-corrected chi connectivity index (χ2v) is 5.34. The summed E-state index contributed by atoms with van der Waals surface area (Å²) < 4.78 is 12.8. The minimum absolute atomic E-state index is 0.256. The first kappa shape index (κ1) is 15.9. The number of hydrogen-bond donors (Lipinski definition) is 2. The molecule has 0 aliphatic rings. The number of halogens is 1. The van der Waals surface area contributed by atoms with E-state index in [2.05, 4.69) is 34.4 Å². The number of amides is 1.